The number of carbonyl (C=O) groups is 2. The Balaban J connectivity index is 2.42. The summed E-state index contributed by atoms with van der Waals surface area (Å²) in [5.74, 6) is -1.04. The number of carboxylic acids is 1. The van der Waals surface area contributed by atoms with Gasteiger partial charge in [-0.2, -0.15) is 0 Å². The fraction of sp³-hybridized carbons (Fsp3) is 0.818. The van der Waals surface area contributed by atoms with Crippen molar-refractivity contribution in [1.82, 2.24) is 15.1 Å². The zero-order chi connectivity index (χ0) is 13.5. The van der Waals surface area contributed by atoms with Gasteiger partial charge in [-0.15, -0.1) is 0 Å². The van der Waals surface area contributed by atoms with Crippen molar-refractivity contribution < 1.29 is 19.8 Å². The molecule has 1 rings (SSSR count). The zero-order valence-corrected chi connectivity index (χ0v) is 10.6. The van der Waals surface area contributed by atoms with Gasteiger partial charge in [-0.3, -0.25) is 9.69 Å². The van der Waals surface area contributed by atoms with Crippen molar-refractivity contribution in [3.63, 3.8) is 0 Å². The molecule has 1 unspecified atom stereocenters. The fourth-order valence-corrected chi connectivity index (χ4v) is 1.88. The molecule has 3 N–H and O–H groups in total. The van der Waals surface area contributed by atoms with Gasteiger partial charge < -0.3 is 20.4 Å². The summed E-state index contributed by atoms with van der Waals surface area (Å²) in [7, 11) is 0. The number of nitrogens with one attached hydrogen (secondary N) is 1. The van der Waals surface area contributed by atoms with E-state index >= 15 is 0 Å². The Labute approximate surface area is 106 Å². The number of amides is 2. The third-order valence-electron chi connectivity index (χ3n) is 3.00. The van der Waals surface area contributed by atoms with E-state index in [9.17, 15) is 9.59 Å². The van der Waals surface area contributed by atoms with Crippen LogP contribution in [0.5, 0.6) is 0 Å². The molecule has 7 nitrogen and oxygen atoms in total. The molecule has 18 heavy (non-hydrogen) atoms. The van der Waals surface area contributed by atoms with Crippen LogP contribution in [0.3, 0.4) is 0 Å². The highest BCUT2D eigenvalue weighted by atomic mass is 16.4. The molecule has 0 saturated carbocycles. The van der Waals surface area contributed by atoms with E-state index in [0.717, 1.165) is 13.0 Å². The number of hydrogen-bond donors (Lipinski definition) is 3. The highest BCUT2D eigenvalue weighted by molar-refractivity contribution is 5.82. The average molecular weight is 259 g/mol. The van der Waals surface area contributed by atoms with Crippen LogP contribution < -0.4 is 5.32 Å². The Hall–Kier alpha value is -1.34. The molecule has 1 atom stereocenters. The number of aliphatic hydroxyl groups excluding tert-OH is 1. The first kappa shape index (κ1) is 14.7. The molecule has 0 spiro atoms. The molecule has 2 amide bonds. The van der Waals surface area contributed by atoms with Crippen LogP contribution in [0.1, 0.15) is 13.3 Å². The van der Waals surface area contributed by atoms with Crippen LogP contribution in [0, 0.1) is 0 Å². The molecule has 0 aromatic carbocycles. The fourth-order valence-electron chi connectivity index (χ4n) is 1.88. The molecular formula is C11H21N3O4. The minimum Gasteiger partial charge on any atom is -0.480 e. The maximum atomic E-state index is 11.8. The number of urea groups is 1. The topological polar surface area (TPSA) is 93.1 Å². The third kappa shape index (κ3) is 4.50. The lowest BCUT2D eigenvalue weighted by Gasteiger charge is -2.23. The Kier molecular flexibility index (Phi) is 5.87. The lowest BCUT2D eigenvalue weighted by molar-refractivity contribution is -0.138. The van der Waals surface area contributed by atoms with E-state index < -0.39 is 12.0 Å². The van der Waals surface area contributed by atoms with Crippen LogP contribution >= 0.6 is 0 Å². The summed E-state index contributed by atoms with van der Waals surface area (Å²) in [6.07, 6.45) is 0.828. The van der Waals surface area contributed by atoms with E-state index in [4.69, 9.17) is 10.2 Å². The molecule has 0 aliphatic carbocycles. The van der Waals surface area contributed by atoms with Crippen molar-refractivity contribution in [3.8, 4) is 0 Å². The molecule has 1 aliphatic rings. The predicted octanol–water partition coefficient (Wildman–Crippen LogP) is -0.831. The van der Waals surface area contributed by atoms with E-state index in [1.807, 2.05) is 0 Å². The van der Waals surface area contributed by atoms with Gasteiger partial charge in [0.25, 0.3) is 0 Å². The zero-order valence-electron chi connectivity index (χ0n) is 10.6. The third-order valence-corrected chi connectivity index (χ3v) is 3.00. The summed E-state index contributed by atoms with van der Waals surface area (Å²) >= 11 is 0. The highest BCUT2D eigenvalue weighted by Crippen LogP contribution is 2.03. The SMILES string of the molecule is CC(NC(=O)N1CCCN(CCO)CC1)C(=O)O. The van der Waals surface area contributed by atoms with Crippen LogP contribution in [-0.4, -0.2) is 77.4 Å². The van der Waals surface area contributed by atoms with E-state index in [0.29, 0.717) is 26.2 Å². The molecule has 0 bridgehead atoms. The van der Waals surface area contributed by atoms with E-state index in [1.165, 1.54) is 6.92 Å². The van der Waals surface area contributed by atoms with Gasteiger partial charge in [0.05, 0.1) is 6.61 Å². The standard InChI is InChI=1S/C11H21N3O4/c1-9(10(16)17)12-11(18)14-4-2-3-13(5-6-14)7-8-15/h9,15H,2-8H2,1H3,(H,12,18)(H,16,17). The molecule has 1 heterocycles. The van der Waals surface area contributed by atoms with E-state index in [2.05, 4.69) is 10.2 Å². The Morgan fingerprint density at radius 1 is 1.28 bits per heavy atom. The number of carboxylic acid groups (broad SMARTS) is 1. The second-order valence-electron chi connectivity index (χ2n) is 4.42. The van der Waals surface area contributed by atoms with Gasteiger partial charge in [0.2, 0.25) is 0 Å². The van der Waals surface area contributed by atoms with E-state index in [-0.39, 0.29) is 12.6 Å². The number of hydrogen-bond acceptors (Lipinski definition) is 4. The molecule has 1 saturated heterocycles. The molecule has 1 fully saturated rings. The number of aliphatic hydroxyl groups is 1. The van der Waals surface area contributed by atoms with E-state index in [1.54, 1.807) is 4.90 Å². The molecule has 7 heteroatoms. The van der Waals surface area contributed by atoms with Gasteiger partial charge in [0.1, 0.15) is 6.04 Å². The van der Waals surface area contributed by atoms with Gasteiger partial charge in [-0.25, -0.2) is 4.79 Å². The lowest BCUT2D eigenvalue weighted by atomic mass is 10.3. The Bertz CT molecular complexity index is 298. The normalized spacial score (nSPS) is 19.1. The molecular weight excluding hydrogens is 238 g/mol. The molecule has 104 valence electrons. The minimum absolute atomic E-state index is 0.113. The van der Waals surface area contributed by atoms with Gasteiger partial charge in [0, 0.05) is 26.2 Å². The minimum atomic E-state index is -1.04. The predicted molar refractivity (Wildman–Crippen MR) is 65.3 cm³/mol. The summed E-state index contributed by atoms with van der Waals surface area (Å²) < 4.78 is 0. The van der Waals surface area contributed by atoms with Crippen LogP contribution in [0.4, 0.5) is 4.79 Å². The number of nitrogens with zero attached hydrogens (tertiary/aromatic N) is 2. The molecule has 1 aliphatic heterocycles. The molecule has 0 aromatic rings. The smallest absolute Gasteiger partial charge is 0.325 e. The summed E-state index contributed by atoms with van der Waals surface area (Å²) in [5, 5.41) is 20.0. The van der Waals surface area contributed by atoms with Crippen LogP contribution in [-0.2, 0) is 4.79 Å². The summed E-state index contributed by atoms with van der Waals surface area (Å²) in [4.78, 5) is 26.2. The second kappa shape index (κ2) is 7.17. The second-order valence-corrected chi connectivity index (χ2v) is 4.42. The van der Waals surface area contributed by atoms with Crippen LogP contribution in [0.2, 0.25) is 0 Å². The van der Waals surface area contributed by atoms with Crippen molar-refractivity contribution in [2.24, 2.45) is 0 Å². The first-order valence-electron chi connectivity index (χ1n) is 6.16. The van der Waals surface area contributed by atoms with Gasteiger partial charge >= 0.3 is 12.0 Å². The van der Waals surface area contributed by atoms with Crippen molar-refractivity contribution in [3.05, 3.63) is 0 Å². The van der Waals surface area contributed by atoms with Crippen molar-refractivity contribution in [1.29, 1.82) is 0 Å². The van der Waals surface area contributed by atoms with Crippen LogP contribution in [0.15, 0.2) is 0 Å². The summed E-state index contributed by atoms with van der Waals surface area (Å²) in [5.41, 5.74) is 0. The van der Waals surface area contributed by atoms with Crippen molar-refractivity contribution in [2.75, 3.05) is 39.3 Å². The first-order valence-corrected chi connectivity index (χ1v) is 6.16. The number of β-amino-alcohol motifs (C(OH)–C–C–N with tert-alkyl or cyclic N) is 1. The molecule has 0 aromatic heterocycles. The van der Waals surface area contributed by atoms with Gasteiger partial charge in [0.15, 0.2) is 0 Å². The van der Waals surface area contributed by atoms with Crippen LogP contribution in [0.25, 0.3) is 0 Å². The monoisotopic (exact) mass is 259 g/mol. The Morgan fingerprint density at radius 3 is 2.61 bits per heavy atom. The molecule has 0 radical (unpaired) electrons. The van der Waals surface area contributed by atoms with Gasteiger partial charge in [-0.05, 0) is 19.9 Å². The first-order chi connectivity index (χ1) is 8.54. The summed E-state index contributed by atoms with van der Waals surface area (Å²) in [6, 6.07) is -1.22. The number of aliphatic carboxylic acids is 1. The maximum absolute atomic E-state index is 11.8. The van der Waals surface area contributed by atoms with Gasteiger partial charge in [-0.1, -0.05) is 0 Å². The quantitative estimate of drug-likeness (QED) is 0.612. The maximum Gasteiger partial charge on any atom is 0.325 e. The summed E-state index contributed by atoms with van der Waals surface area (Å²) in [6.45, 7) is 4.88. The lowest BCUT2D eigenvalue weighted by Crippen LogP contribution is -2.47. The number of rotatable bonds is 4. The van der Waals surface area contributed by atoms with Crippen molar-refractivity contribution >= 4 is 12.0 Å². The Morgan fingerprint density at radius 2 is 2.00 bits per heavy atom. The largest absolute Gasteiger partial charge is 0.480 e. The van der Waals surface area contributed by atoms with Crippen molar-refractivity contribution in [2.45, 2.75) is 19.4 Å². The highest BCUT2D eigenvalue weighted by Gasteiger charge is 2.21. The number of carbonyl (C=O) groups excluding carboxylic acids is 1. The average Bonchev–Trinajstić information content (AvgIpc) is 2.55.